The van der Waals surface area contributed by atoms with E-state index in [-0.39, 0.29) is 30.3 Å². The van der Waals surface area contributed by atoms with Crippen LogP contribution in [0.2, 0.25) is 0 Å². The molecule has 1 amide bonds. The van der Waals surface area contributed by atoms with Gasteiger partial charge in [0.15, 0.2) is 6.61 Å². The Balaban J connectivity index is 1.40. The van der Waals surface area contributed by atoms with Crippen LogP contribution in [0.25, 0.3) is 10.2 Å². The Morgan fingerprint density at radius 3 is 2.61 bits per heavy atom. The third kappa shape index (κ3) is 4.22. The Morgan fingerprint density at radius 1 is 1.04 bits per heavy atom. The fraction of sp³-hybridized carbons (Fsp3) is 0.318. The zero-order valence-electron chi connectivity index (χ0n) is 15.5. The van der Waals surface area contributed by atoms with Gasteiger partial charge in [0.1, 0.15) is 0 Å². The SMILES string of the molecule is O=C(COC(=O)[C@@H]1CCCC[C@H]1c1nc2ccccc2s1)Nc1ccccc1. The number of rotatable bonds is 5. The van der Waals surface area contributed by atoms with Crippen molar-refractivity contribution in [1.82, 2.24) is 4.98 Å². The number of hydrogen-bond donors (Lipinski definition) is 1. The van der Waals surface area contributed by atoms with E-state index in [4.69, 9.17) is 9.72 Å². The third-order valence-electron chi connectivity index (χ3n) is 5.10. The average molecular weight is 394 g/mol. The molecule has 5 nitrogen and oxygen atoms in total. The summed E-state index contributed by atoms with van der Waals surface area (Å²) >= 11 is 1.65. The number of benzene rings is 2. The molecule has 3 aromatic rings. The van der Waals surface area contributed by atoms with Crippen LogP contribution in [0.1, 0.15) is 36.6 Å². The second-order valence-corrected chi connectivity index (χ2v) is 8.10. The minimum Gasteiger partial charge on any atom is -0.455 e. The summed E-state index contributed by atoms with van der Waals surface area (Å²) in [7, 11) is 0. The van der Waals surface area contributed by atoms with E-state index in [2.05, 4.69) is 11.4 Å². The van der Waals surface area contributed by atoms with Gasteiger partial charge in [0.2, 0.25) is 0 Å². The van der Waals surface area contributed by atoms with Crippen LogP contribution in [0.15, 0.2) is 54.6 Å². The molecule has 0 bridgehead atoms. The van der Waals surface area contributed by atoms with Crippen LogP contribution in [0.5, 0.6) is 0 Å². The van der Waals surface area contributed by atoms with Crippen molar-refractivity contribution < 1.29 is 14.3 Å². The smallest absolute Gasteiger partial charge is 0.310 e. The van der Waals surface area contributed by atoms with E-state index >= 15 is 0 Å². The maximum atomic E-state index is 12.7. The molecule has 0 aliphatic heterocycles. The first-order valence-electron chi connectivity index (χ1n) is 9.58. The summed E-state index contributed by atoms with van der Waals surface area (Å²) in [4.78, 5) is 29.6. The number of esters is 1. The van der Waals surface area contributed by atoms with E-state index in [0.717, 1.165) is 40.9 Å². The van der Waals surface area contributed by atoms with Crippen LogP contribution in [0, 0.1) is 5.92 Å². The molecule has 1 fully saturated rings. The van der Waals surface area contributed by atoms with E-state index in [1.807, 2.05) is 36.4 Å². The van der Waals surface area contributed by atoms with Gasteiger partial charge in [0, 0.05) is 11.6 Å². The number of nitrogens with one attached hydrogen (secondary N) is 1. The summed E-state index contributed by atoms with van der Waals surface area (Å²) < 4.78 is 6.50. The van der Waals surface area contributed by atoms with Gasteiger partial charge in [-0.2, -0.15) is 0 Å². The standard InChI is InChI=1S/C22H22N2O3S/c25-20(23-15-8-2-1-3-9-15)14-27-22(26)17-11-5-4-10-16(17)21-24-18-12-6-7-13-19(18)28-21/h1-3,6-9,12-13,16-17H,4-5,10-11,14H2,(H,23,25)/t16-,17-/m1/s1. The van der Waals surface area contributed by atoms with Crippen LogP contribution in [-0.4, -0.2) is 23.5 Å². The Morgan fingerprint density at radius 2 is 1.79 bits per heavy atom. The van der Waals surface area contributed by atoms with Gasteiger partial charge in [-0.05, 0) is 37.1 Å². The van der Waals surface area contributed by atoms with E-state index in [1.165, 1.54) is 0 Å². The fourth-order valence-corrected chi connectivity index (χ4v) is 4.89. The molecule has 144 valence electrons. The lowest BCUT2D eigenvalue weighted by molar-refractivity contribution is -0.153. The number of carbonyl (C=O) groups excluding carboxylic acids is 2. The van der Waals surface area contributed by atoms with Crippen molar-refractivity contribution in [2.45, 2.75) is 31.6 Å². The van der Waals surface area contributed by atoms with E-state index < -0.39 is 0 Å². The number of para-hydroxylation sites is 2. The van der Waals surface area contributed by atoms with Gasteiger partial charge in [-0.3, -0.25) is 9.59 Å². The predicted octanol–water partition coefficient (Wildman–Crippen LogP) is 4.75. The van der Waals surface area contributed by atoms with Gasteiger partial charge in [0.05, 0.1) is 21.1 Å². The highest BCUT2D eigenvalue weighted by Gasteiger charge is 2.35. The van der Waals surface area contributed by atoms with E-state index in [9.17, 15) is 9.59 Å². The highest BCUT2D eigenvalue weighted by Crippen LogP contribution is 2.41. The summed E-state index contributed by atoms with van der Waals surface area (Å²) in [5, 5.41) is 3.73. The molecule has 2 atom stereocenters. The molecule has 1 aliphatic rings. The second kappa shape index (κ2) is 8.52. The normalized spacial score (nSPS) is 19.3. The molecule has 1 heterocycles. The van der Waals surface area contributed by atoms with Crippen molar-refractivity contribution in [3.8, 4) is 0 Å². The van der Waals surface area contributed by atoms with Gasteiger partial charge in [-0.15, -0.1) is 11.3 Å². The van der Waals surface area contributed by atoms with Gasteiger partial charge >= 0.3 is 5.97 Å². The number of aromatic nitrogens is 1. The number of hydrogen-bond acceptors (Lipinski definition) is 5. The summed E-state index contributed by atoms with van der Waals surface area (Å²) in [5.74, 6) is -0.797. The minimum absolute atomic E-state index is 0.0656. The molecule has 1 N–H and O–H groups in total. The van der Waals surface area contributed by atoms with Gasteiger partial charge in [-0.1, -0.05) is 43.2 Å². The highest BCUT2D eigenvalue weighted by atomic mass is 32.1. The lowest BCUT2D eigenvalue weighted by atomic mass is 9.79. The van der Waals surface area contributed by atoms with Crippen molar-refractivity contribution in [1.29, 1.82) is 0 Å². The molecule has 28 heavy (non-hydrogen) atoms. The number of fused-ring (bicyclic) bond motifs is 1. The second-order valence-electron chi connectivity index (χ2n) is 7.04. The lowest BCUT2D eigenvalue weighted by Crippen LogP contribution is -2.30. The summed E-state index contributed by atoms with van der Waals surface area (Å²) in [6, 6.07) is 17.2. The molecule has 0 spiro atoms. The maximum absolute atomic E-state index is 12.7. The lowest BCUT2D eigenvalue weighted by Gasteiger charge is -2.28. The number of amides is 1. The van der Waals surface area contributed by atoms with Crippen molar-refractivity contribution in [3.05, 3.63) is 59.6 Å². The van der Waals surface area contributed by atoms with Crippen LogP contribution < -0.4 is 5.32 Å². The average Bonchev–Trinajstić information content (AvgIpc) is 3.17. The zero-order valence-corrected chi connectivity index (χ0v) is 16.3. The van der Waals surface area contributed by atoms with Crippen LogP contribution in [0.4, 0.5) is 5.69 Å². The Hall–Kier alpha value is -2.73. The number of carbonyl (C=O) groups is 2. The summed E-state index contributed by atoms with van der Waals surface area (Å²) in [6.45, 7) is -0.267. The molecule has 2 aromatic carbocycles. The van der Waals surface area contributed by atoms with Gasteiger partial charge < -0.3 is 10.1 Å². The molecule has 0 unspecified atom stereocenters. The van der Waals surface area contributed by atoms with Crippen LogP contribution >= 0.6 is 11.3 Å². The van der Waals surface area contributed by atoms with Gasteiger partial charge in [-0.25, -0.2) is 4.98 Å². The minimum atomic E-state index is -0.327. The number of nitrogens with zero attached hydrogens (tertiary/aromatic N) is 1. The molecule has 1 aromatic heterocycles. The zero-order chi connectivity index (χ0) is 19.3. The molecule has 0 saturated heterocycles. The molecule has 6 heteroatoms. The highest BCUT2D eigenvalue weighted by molar-refractivity contribution is 7.18. The first-order valence-corrected chi connectivity index (χ1v) is 10.4. The topological polar surface area (TPSA) is 68.3 Å². The van der Waals surface area contributed by atoms with Crippen molar-refractivity contribution in [3.63, 3.8) is 0 Å². The van der Waals surface area contributed by atoms with Crippen molar-refractivity contribution in [2.75, 3.05) is 11.9 Å². The van der Waals surface area contributed by atoms with Crippen LogP contribution in [-0.2, 0) is 14.3 Å². The first-order chi connectivity index (χ1) is 13.7. The number of thiazole rings is 1. The quantitative estimate of drug-likeness (QED) is 0.634. The first kappa shape index (κ1) is 18.6. The third-order valence-corrected chi connectivity index (χ3v) is 6.27. The Labute approximate surface area is 167 Å². The van der Waals surface area contributed by atoms with Crippen molar-refractivity contribution >= 4 is 39.1 Å². The largest absolute Gasteiger partial charge is 0.455 e. The monoisotopic (exact) mass is 394 g/mol. The molecular weight excluding hydrogens is 372 g/mol. The molecule has 0 radical (unpaired) electrons. The molecular formula is C22H22N2O3S. The number of anilines is 1. The molecule has 1 aliphatic carbocycles. The van der Waals surface area contributed by atoms with E-state index in [0.29, 0.717) is 5.69 Å². The predicted molar refractivity (Wildman–Crippen MR) is 110 cm³/mol. The van der Waals surface area contributed by atoms with Gasteiger partial charge in [0.25, 0.3) is 5.91 Å². The fourth-order valence-electron chi connectivity index (χ4n) is 3.72. The maximum Gasteiger partial charge on any atom is 0.310 e. The summed E-state index contributed by atoms with van der Waals surface area (Å²) in [6.07, 6.45) is 3.78. The number of ether oxygens (including phenoxy) is 1. The Kier molecular flexibility index (Phi) is 5.67. The van der Waals surface area contributed by atoms with Crippen LogP contribution in [0.3, 0.4) is 0 Å². The molecule has 1 saturated carbocycles. The van der Waals surface area contributed by atoms with E-state index in [1.54, 1.807) is 23.5 Å². The summed E-state index contributed by atoms with van der Waals surface area (Å²) in [5.41, 5.74) is 1.66. The Bertz CT molecular complexity index is 937. The van der Waals surface area contributed by atoms with Crippen molar-refractivity contribution in [2.24, 2.45) is 5.92 Å². The molecule has 4 rings (SSSR count).